The SMILES string of the molecule is O=c1ccc(-c2ccc(S(=O)(=O)N3CCN(Cc4ccccc4)CC3)s2)n[nH]1. The fourth-order valence-electron chi connectivity index (χ4n) is 3.18. The Balaban J connectivity index is 1.43. The number of H-pyrrole nitrogens is 1. The number of aromatic nitrogens is 2. The zero-order valence-corrected chi connectivity index (χ0v) is 16.7. The molecule has 0 unspecified atom stereocenters. The van der Waals surface area contributed by atoms with Crippen molar-refractivity contribution in [3.63, 3.8) is 0 Å². The summed E-state index contributed by atoms with van der Waals surface area (Å²) >= 11 is 1.17. The van der Waals surface area contributed by atoms with E-state index in [-0.39, 0.29) is 5.56 Å². The molecule has 1 fully saturated rings. The van der Waals surface area contributed by atoms with Gasteiger partial charge < -0.3 is 0 Å². The Morgan fingerprint density at radius 1 is 0.964 bits per heavy atom. The maximum Gasteiger partial charge on any atom is 0.264 e. The third kappa shape index (κ3) is 4.07. The topological polar surface area (TPSA) is 86.4 Å². The summed E-state index contributed by atoms with van der Waals surface area (Å²) in [6.07, 6.45) is 0. The van der Waals surface area contributed by atoms with Crippen LogP contribution in [0.15, 0.2) is 63.6 Å². The van der Waals surface area contributed by atoms with Crippen molar-refractivity contribution in [1.82, 2.24) is 19.4 Å². The summed E-state index contributed by atoms with van der Waals surface area (Å²) in [6.45, 7) is 3.18. The van der Waals surface area contributed by atoms with Crippen molar-refractivity contribution in [2.24, 2.45) is 0 Å². The third-order valence-corrected chi connectivity index (χ3v) is 8.16. The largest absolute Gasteiger partial charge is 0.296 e. The Bertz CT molecular complexity index is 1080. The van der Waals surface area contributed by atoms with E-state index in [1.54, 1.807) is 22.5 Å². The van der Waals surface area contributed by atoms with E-state index < -0.39 is 10.0 Å². The van der Waals surface area contributed by atoms with E-state index in [0.29, 0.717) is 41.0 Å². The molecule has 9 heteroatoms. The highest BCUT2D eigenvalue weighted by Crippen LogP contribution is 2.31. The summed E-state index contributed by atoms with van der Waals surface area (Å²) in [5.41, 5.74) is 1.50. The molecular weight excluding hydrogens is 396 g/mol. The van der Waals surface area contributed by atoms with Gasteiger partial charge in [-0.2, -0.15) is 9.40 Å². The molecule has 2 aromatic heterocycles. The molecule has 28 heavy (non-hydrogen) atoms. The standard InChI is InChI=1S/C19H20N4O3S2/c24-18-8-6-16(20-21-18)17-7-9-19(27-17)28(25,26)23-12-10-22(11-13-23)14-15-4-2-1-3-5-15/h1-9H,10-14H2,(H,21,24). The first-order valence-electron chi connectivity index (χ1n) is 8.95. The maximum absolute atomic E-state index is 13.0. The van der Waals surface area contributed by atoms with Crippen LogP contribution in [0.4, 0.5) is 0 Å². The summed E-state index contributed by atoms with van der Waals surface area (Å²) in [5.74, 6) is 0. The van der Waals surface area contributed by atoms with Crippen LogP contribution in [0.3, 0.4) is 0 Å². The van der Waals surface area contributed by atoms with E-state index >= 15 is 0 Å². The van der Waals surface area contributed by atoms with E-state index in [2.05, 4.69) is 27.2 Å². The molecule has 1 aromatic carbocycles. The van der Waals surface area contributed by atoms with Gasteiger partial charge in [0.2, 0.25) is 0 Å². The number of rotatable bonds is 5. The Morgan fingerprint density at radius 2 is 1.71 bits per heavy atom. The van der Waals surface area contributed by atoms with Crippen LogP contribution >= 0.6 is 11.3 Å². The van der Waals surface area contributed by atoms with Gasteiger partial charge in [0.1, 0.15) is 9.90 Å². The molecule has 3 aromatic rings. The summed E-state index contributed by atoms with van der Waals surface area (Å²) in [5, 5.41) is 6.33. The number of nitrogens with one attached hydrogen (secondary N) is 1. The normalized spacial score (nSPS) is 16.3. The average Bonchev–Trinajstić information content (AvgIpc) is 3.21. The molecular formula is C19H20N4O3S2. The zero-order valence-electron chi connectivity index (χ0n) is 15.1. The molecule has 1 aliphatic heterocycles. The molecule has 1 N–H and O–H groups in total. The lowest BCUT2D eigenvalue weighted by Crippen LogP contribution is -2.48. The molecule has 7 nitrogen and oxygen atoms in total. The number of hydrogen-bond acceptors (Lipinski definition) is 6. The molecule has 0 aliphatic carbocycles. The predicted molar refractivity (Wildman–Crippen MR) is 109 cm³/mol. The highest BCUT2D eigenvalue weighted by molar-refractivity contribution is 7.91. The van der Waals surface area contributed by atoms with Gasteiger partial charge in [-0.3, -0.25) is 9.69 Å². The Kier molecular flexibility index (Phi) is 5.40. The van der Waals surface area contributed by atoms with Crippen LogP contribution in [-0.4, -0.2) is 54.0 Å². The van der Waals surface area contributed by atoms with Crippen LogP contribution in [0.5, 0.6) is 0 Å². The second kappa shape index (κ2) is 7.96. The molecule has 0 amide bonds. The van der Waals surface area contributed by atoms with Gasteiger partial charge in [-0.05, 0) is 23.8 Å². The number of piperazine rings is 1. The van der Waals surface area contributed by atoms with Crippen molar-refractivity contribution >= 4 is 21.4 Å². The first-order chi connectivity index (χ1) is 13.5. The lowest BCUT2D eigenvalue weighted by Gasteiger charge is -2.33. The van der Waals surface area contributed by atoms with E-state index in [1.165, 1.54) is 23.0 Å². The fraction of sp³-hybridized carbons (Fsp3) is 0.263. The van der Waals surface area contributed by atoms with Gasteiger partial charge in [0.15, 0.2) is 0 Å². The molecule has 1 saturated heterocycles. The molecule has 0 saturated carbocycles. The highest BCUT2D eigenvalue weighted by Gasteiger charge is 2.29. The zero-order chi connectivity index (χ0) is 19.6. The lowest BCUT2D eigenvalue weighted by atomic mass is 10.2. The number of nitrogens with zero attached hydrogens (tertiary/aromatic N) is 3. The van der Waals surface area contributed by atoms with Crippen molar-refractivity contribution in [3.8, 4) is 10.6 Å². The summed E-state index contributed by atoms with van der Waals surface area (Å²) in [4.78, 5) is 14.1. The van der Waals surface area contributed by atoms with Crippen LogP contribution in [0, 0.1) is 0 Å². The van der Waals surface area contributed by atoms with Gasteiger partial charge in [-0.15, -0.1) is 11.3 Å². The maximum atomic E-state index is 13.0. The minimum atomic E-state index is -3.53. The van der Waals surface area contributed by atoms with Crippen LogP contribution in [-0.2, 0) is 16.6 Å². The van der Waals surface area contributed by atoms with Crippen molar-refractivity contribution in [3.05, 3.63) is 70.5 Å². The Hall–Kier alpha value is -2.33. The molecule has 0 bridgehead atoms. The molecule has 4 rings (SSSR count). The van der Waals surface area contributed by atoms with Crippen molar-refractivity contribution in [2.75, 3.05) is 26.2 Å². The number of aromatic amines is 1. The monoisotopic (exact) mass is 416 g/mol. The van der Waals surface area contributed by atoms with Crippen molar-refractivity contribution in [2.45, 2.75) is 10.8 Å². The first kappa shape index (κ1) is 19.0. The van der Waals surface area contributed by atoms with E-state index in [4.69, 9.17) is 0 Å². The molecule has 146 valence electrons. The van der Waals surface area contributed by atoms with Gasteiger partial charge in [-0.25, -0.2) is 13.5 Å². The third-order valence-electron chi connectivity index (χ3n) is 4.69. The molecule has 0 atom stereocenters. The van der Waals surface area contributed by atoms with Gasteiger partial charge in [0, 0.05) is 38.8 Å². The summed E-state index contributed by atoms with van der Waals surface area (Å²) < 4.78 is 27.8. The molecule has 3 heterocycles. The Labute approximate surface area is 167 Å². The van der Waals surface area contributed by atoms with Crippen molar-refractivity contribution in [1.29, 1.82) is 0 Å². The Morgan fingerprint density at radius 3 is 2.39 bits per heavy atom. The molecule has 0 radical (unpaired) electrons. The number of thiophene rings is 1. The predicted octanol–water partition coefficient (Wildman–Crippen LogP) is 2.00. The quantitative estimate of drug-likeness (QED) is 0.688. The van der Waals surface area contributed by atoms with Crippen LogP contribution in [0.25, 0.3) is 10.6 Å². The summed E-state index contributed by atoms with van der Waals surface area (Å²) in [6, 6.07) is 16.5. The van der Waals surface area contributed by atoms with Crippen LogP contribution < -0.4 is 5.56 Å². The summed E-state index contributed by atoms with van der Waals surface area (Å²) in [7, 11) is -3.53. The van der Waals surface area contributed by atoms with Gasteiger partial charge in [0.05, 0.1) is 4.88 Å². The number of hydrogen-bond donors (Lipinski definition) is 1. The van der Waals surface area contributed by atoms with Crippen LogP contribution in [0.1, 0.15) is 5.56 Å². The van der Waals surface area contributed by atoms with E-state index in [9.17, 15) is 13.2 Å². The lowest BCUT2D eigenvalue weighted by molar-refractivity contribution is 0.182. The number of benzene rings is 1. The van der Waals surface area contributed by atoms with E-state index in [0.717, 1.165) is 6.54 Å². The van der Waals surface area contributed by atoms with E-state index in [1.807, 2.05) is 18.2 Å². The first-order valence-corrected chi connectivity index (χ1v) is 11.2. The molecule has 0 spiro atoms. The second-order valence-electron chi connectivity index (χ2n) is 6.59. The van der Waals surface area contributed by atoms with Gasteiger partial charge in [0.25, 0.3) is 15.6 Å². The average molecular weight is 417 g/mol. The fourth-order valence-corrected chi connectivity index (χ4v) is 6.03. The highest BCUT2D eigenvalue weighted by atomic mass is 32.2. The smallest absolute Gasteiger partial charge is 0.264 e. The van der Waals surface area contributed by atoms with Crippen molar-refractivity contribution < 1.29 is 8.42 Å². The van der Waals surface area contributed by atoms with Gasteiger partial charge >= 0.3 is 0 Å². The van der Waals surface area contributed by atoms with Gasteiger partial charge in [-0.1, -0.05) is 30.3 Å². The van der Waals surface area contributed by atoms with Crippen LogP contribution in [0.2, 0.25) is 0 Å². The number of sulfonamides is 1. The minimum Gasteiger partial charge on any atom is -0.296 e. The molecule has 1 aliphatic rings. The second-order valence-corrected chi connectivity index (χ2v) is 9.84. The minimum absolute atomic E-state index is 0.290.